The molecule has 0 atom stereocenters. The molecule has 0 spiro atoms. The fourth-order valence-corrected chi connectivity index (χ4v) is 4.79. The molecule has 4 rings (SSSR count). The van der Waals surface area contributed by atoms with Crippen molar-refractivity contribution in [2.24, 2.45) is 0 Å². The third kappa shape index (κ3) is 4.60. The summed E-state index contributed by atoms with van der Waals surface area (Å²) >= 11 is 7.77. The van der Waals surface area contributed by atoms with Gasteiger partial charge in [-0.05, 0) is 50.1 Å². The lowest BCUT2D eigenvalue weighted by atomic mass is 9.97. The maximum Gasteiger partial charge on any atom is 0.260 e. The number of ether oxygens (including phenoxy) is 1. The number of carbonyl (C=O) groups is 2. The molecule has 5 nitrogen and oxygen atoms in total. The molecule has 0 radical (unpaired) electrons. The van der Waals surface area contributed by atoms with Crippen molar-refractivity contribution >= 4 is 44.8 Å². The van der Waals surface area contributed by atoms with E-state index in [4.69, 9.17) is 21.3 Å². The Morgan fingerprint density at radius 3 is 2.76 bits per heavy atom. The van der Waals surface area contributed by atoms with Gasteiger partial charge in [0, 0.05) is 29.6 Å². The molecule has 2 aromatic carbocycles. The number of fused-ring (bicyclic) bond motifs is 1. The molecule has 1 aliphatic rings. The number of nitrogens with zero attached hydrogens (tertiary/aromatic N) is 2. The number of likely N-dealkylation sites (tertiary alicyclic amines) is 1. The fourth-order valence-electron chi connectivity index (χ4n) is 3.51. The minimum absolute atomic E-state index is 0.0222. The van der Waals surface area contributed by atoms with Crippen LogP contribution in [0.2, 0.25) is 5.02 Å². The van der Waals surface area contributed by atoms with Gasteiger partial charge >= 0.3 is 0 Å². The van der Waals surface area contributed by atoms with Crippen LogP contribution in [0.25, 0.3) is 10.2 Å². The molecule has 7 heteroatoms. The molecule has 29 heavy (non-hydrogen) atoms. The summed E-state index contributed by atoms with van der Waals surface area (Å²) in [6.07, 6.45) is 1.78. The summed E-state index contributed by atoms with van der Waals surface area (Å²) in [5.74, 6) is 0.839. The van der Waals surface area contributed by atoms with Gasteiger partial charge in [0.2, 0.25) is 0 Å². The number of ketones is 1. The molecule has 3 aromatic rings. The number of halogens is 1. The number of thiazole rings is 1. The smallest absolute Gasteiger partial charge is 0.260 e. The van der Waals surface area contributed by atoms with Gasteiger partial charge < -0.3 is 9.64 Å². The Hall–Kier alpha value is -2.44. The predicted octanol–water partition coefficient (Wildman–Crippen LogP) is 4.94. The standard InChI is InChI=1S/C22H21ClN2O3S/c1-14(26)16-3-2-4-18(11-16)28-13-21(27)25-9-7-15(8-10-25)22-24-19-12-17(23)5-6-20(19)29-22/h2-6,11-12,15H,7-10,13H2,1H3. The van der Waals surface area contributed by atoms with Gasteiger partial charge in [0.05, 0.1) is 15.2 Å². The van der Waals surface area contributed by atoms with Gasteiger partial charge in [-0.1, -0.05) is 23.7 Å². The molecule has 0 unspecified atom stereocenters. The van der Waals surface area contributed by atoms with Crippen LogP contribution in [0.3, 0.4) is 0 Å². The molecule has 150 valence electrons. The maximum absolute atomic E-state index is 12.5. The Balaban J connectivity index is 1.32. The zero-order chi connectivity index (χ0) is 20.4. The highest BCUT2D eigenvalue weighted by molar-refractivity contribution is 7.18. The minimum Gasteiger partial charge on any atom is -0.484 e. The first-order chi connectivity index (χ1) is 14.0. The average Bonchev–Trinajstić information content (AvgIpc) is 3.15. The Labute approximate surface area is 178 Å². The van der Waals surface area contributed by atoms with Crippen molar-refractivity contribution in [2.45, 2.75) is 25.7 Å². The third-order valence-electron chi connectivity index (χ3n) is 5.17. The second-order valence-electron chi connectivity index (χ2n) is 7.19. The molecular weight excluding hydrogens is 408 g/mol. The van der Waals surface area contributed by atoms with E-state index in [0.29, 0.717) is 35.3 Å². The summed E-state index contributed by atoms with van der Waals surface area (Å²) in [5, 5.41) is 1.82. The zero-order valence-electron chi connectivity index (χ0n) is 16.1. The van der Waals surface area contributed by atoms with Gasteiger partial charge in [0.15, 0.2) is 12.4 Å². The van der Waals surface area contributed by atoms with Gasteiger partial charge in [0.1, 0.15) is 5.75 Å². The first-order valence-corrected chi connectivity index (χ1v) is 10.8. The lowest BCUT2D eigenvalue weighted by Crippen LogP contribution is -2.40. The van der Waals surface area contributed by atoms with Crippen LogP contribution in [0, 0.1) is 0 Å². The average molecular weight is 429 g/mol. The van der Waals surface area contributed by atoms with E-state index in [-0.39, 0.29) is 18.3 Å². The number of aromatic nitrogens is 1. The van der Waals surface area contributed by atoms with Crippen LogP contribution >= 0.6 is 22.9 Å². The van der Waals surface area contributed by atoms with Crippen LogP contribution in [-0.4, -0.2) is 41.3 Å². The summed E-state index contributed by atoms with van der Waals surface area (Å²) in [7, 11) is 0. The Morgan fingerprint density at radius 2 is 2.00 bits per heavy atom. The molecule has 0 saturated carbocycles. The van der Waals surface area contributed by atoms with Crippen LogP contribution in [0.1, 0.15) is 41.0 Å². The normalized spacial score (nSPS) is 14.9. The molecule has 1 amide bonds. The van der Waals surface area contributed by atoms with Crippen molar-refractivity contribution in [1.29, 1.82) is 0 Å². The van der Waals surface area contributed by atoms with Gasteiger partial charge in [0.25, 0.3) is 5.91 Å². The van der Waals surface area contributed by atoms with E-state index in [2.05, 4.69) is 0 Å². The van der Waals surface area contributed by atoms with E-state index in [1.54, 1.807) is 35.6 Å². The van der Waals surface area contributed by atoms with E-state index in [1.165, 1.54) is 6.92 Å². The second kappa shape index (κ2) is 8.51. The topological polar surface area (TPSA) is 59.5 Å². The molecule has 0 aliphatic carbocycles. The van der Waals surface area contributed by atoms with E-state index >= 15 is 0 Å². The van der Waals surface area contributed by atoms with E-state index in [1.807, 2.05) is 23.1 Å². The number of carbonyl (C=O) groups excluding carboxylic acids is 2. The van der Waals surface area contributed by atoms with E-state index < -0.39 is 0 Å². The SMILES string of the molecule is CC(=O)c1cccc(OCC(=O)N2CCC(c3nc4cc(Cl)ccc4s3)CC2)c1. The molecule has 1 aliphatic heterocycles. The summed E-state index contributed by atoms with van der Waals surface area (Å²) in [5.41, 5.74) is 1.52. The second-order valence-corrected chi connectivity index (χ2v) is 8.69. The van der Waals surface area contributed by atoms with Gasteiger partial charge in [-0.2, -0.15) is 0 Å². The summed E-state index contributed by atoms with van der Waals surface area (Å²) in [6.45, 7) is 2.87. The Bertz CT molecular complexity index is 1060. The molecular formula is C22H21ClN2O3S. The highest BCUT2D eigenvalue weighted by atomic mass is 35.5. The zero-order valence-corrected chi connectivity index (χ0v) is 17.6. The highest BCUT2D eigenvalue weighted by Crippen LogP contribution is 2.34. The van der Waals surface area contributed by atoms with E-state index in [9.17, 15) is 9.59 Å². The highest BCUT2D eigenvalue weighted by Gasteiger charge is 2.26. The van der Waals surface area contributed by atoms with Crippen molar-refractivity contribution < 1.29 is 14.3 Å². The van der Waals surface area contributed by atoms with Crippen molar-refractivity contribution in [3.63, 3.8) is 0 Å². The fraction of sp³-hybridized carbons (Fsp3) is 0.318. The molecule has 1 aromatic heterocycles. The summed E-state index contributed by atoms with van der Waals surface area (Å²) < 4.78 is 6.75. The molecule has 0 bridgehead atoms. The largest absolute Gasteiger partial charge is 0.484 e. The number of rotatable bonds is 5. The van der Waals surface area contributed by atoms with Gasteiger partial charge in [-0.15, -0.1) is 11.3 Å². The number of hydrogen-bond donors (Lipinski definition) is 0. The number of Topliss-reactive ketones (excluding diaryl/α,β-unsaturated/α-hetero) is 1. The van der Waals surface area contributed by atoms with Crippen molar-refractivity contribution in [2.75, 3.05) is 19.7 Å². The quantitative estimate of drug-likeness (QED) is 0.540. The third-order valence-corrected chi connectivity index (χ3v) is 6.60. The number of benzene rings is 2. The van der Waals surface area contributed by atoms with Crippen LogP contribution in [0.4, 0.5) is 0 Å². The van der Waals surface area contributed by atoms with Crippen LogP contribution < -0.4 is 4.74 Å². The molecule has 0 N–H and O–H groups in total. The summed E-state index contributed by atoms with van der Waals surface area (Å²) in [6, 6.07) is 12.7. The minimum atomic E-state index is -0.0345. The van der Waals surface area contributed by atoms with Crippen molar-refractivity contribution in [3.05, 3.63) is 58.1 Å². The lowest BCUT2D eigenvalue weighted by molar-refractivity contribution is -0.134. The van der Waals surface area contributed by atoms with Crippen molar-refractivity contribution in [1.82, 2.24) is 9.88 Å². The number of piperidine rings is 1. The summed E-state index contributed by atoms with van der Waals surface area (Å²) in [4.78, 5) is 30.6. The van der Waals surface area contributed by atoms with E-state index in [0.717, 1.165) is 28.1 Å². The van der Waals surface area contributed by atoms with Crippen LogP contribution in [0.5, 0.6) is 5.75 Å². The molecule has 1 saturated heterocycles. The lowest BCUT2D eigenvalue weighted by Gasteiger charge is -2.31. The number of amides is 1. The first-order valence-electron chi connectivity index (χ1n) is 9.57. The first kappa shape index (κ1) is 19.9. The monoisotopic (exact) mass is 428 g/mol. The van der Waals surface area contributed by atoms with Crippen LogP contribution in [-0.2, 0) is 4.79 Å². The molecule has 1 fully saturated rings. The molecule has 2 heterocycles. The predicted molar refractivity (Wildman–Crippen MR) is 115 cm³/mol. The van der Waals surface area contributed by atoms with Crippen molar-refractivity contribution in [3.8, 4) is 5.75 Å². The Kier molecular flexibility index (Phi) is 5.83. The maximum atomic E-state index is 12.5. The number of hydrogen-bond acceptors (Lipinski definition) is 5. The van der Waals surface area contributed by atoms with Gasteiger partial charge in [-0.3, -0.25) is 9.59 Å². The van der Waals surface area contributed by atoms with Gasteiger partial charge in [-0.25, -0.2) is 4.98 Å². The Morgan fingerprint density at radius 1 is 1.21 bits per heavy atom. The van der Waals surface area contributed by atoms with Crippen LogP contribution in [0.15, 0.2) is 42.5 Å².